The van der Waals surface area contributed by atoms with Gasteiger partial charge in [-0.1, -0.05) is 37.1 Å². The van der Waals surface area contributed by atoms with Crippen LogP contribution in [0.2, 0.25) is 0 Å². The van der Waals surface area contributed by atoms with Gasteiger partial charge in [-0.25, -0.2) is 4.98 Å². The van der Waals surface area contributed by atoms with Crippen LogP contribution >= 0.6 is 12.8 Å². The Bertz CT molecular complexity index is 908. The van der Waals surface area contributed by atoms with Crippen molar-refractivity contribution in [2.45, 2.75) is 25.8 Å². The molecule has 1 aromatic carbocycles. The fourth-order valence-corrected chi connectivity index (χ4v) is 4.14. The Hall–Kier alpha value is -2.10. The highest BCUT2D eigenvalue weighted by atomic mass is 32.1. The minimum absolute atomic E-state index is 0.740. The summed E-state index contributed by atoms with van der Waals surface area (Å²) in [7, 11) is 2.20. The predicted molar refractivity (Wildman–Crippen MR) is 123 cm³/mol. The van der Waals surface area contributed by atoms with Crippen molar-refractivity contribution in [3.63, 3.8) is 0 Å². The first-order chi connectivity index (χ1) is 14.7. The van der Waals surface area contributed by atoms with Crippen LogP contribution in [0.25, 0.3) is 22.2 Å². The number of nitrogens with one attached hydrogen (secondary N) is 2. The quantitative estimate of drug-likeness (QED) is 0.218. The molecule has 1 fully saturated rings. The molecule has 1 aliphatic heterocycles. The highest BCUT2D eigenvalue weighted by Gasteiger charge is 2.17. The molecule has 0 radical (unpaired) electrons. The fourth-order valence-electron chi connectivity index (χ4n) is 3.95. The monoisotopic (exact) mass is 430 g/mol. The predicted octanol–water partition coefficient (Wildman–Crippen LogP) is 4.29. The molecular formula is C22H30N4O3S. The molecule has 0 aliphatic carbocycles. The number of pyridine rings is 1. The Morgan fingerprint density at radius 3 is 2.63 bits per heavy atom. The maximum atomic E-state index is 6.24. The van der Waals surface area contributed by atoms with Gasteiger partial charge in [-0.2, -0.15) is 0 Å². The van der Waals surface area contributed by atoms with Gasteiger partial charge in [-0.05, 0) is 62.5 Å². The minimum Gasteiger partial charge on any atom is -0.493 e. The van der Waals surface area contributed by atoms with Gasteiger partial charge < -0.3 is 14.6 Å². The lowest BCUT2D eigenvalue weighted by molar-refractivity contribution is -0.176. The lowest BCUT2D eigenvalue weighted by atomic mass is 9.94. The third kappa shape index (κ3) is 5.53. The van der Waals surface area contributed by atoms with Gasteiger partial charge >= 0.3 is 0 Å². The molecule has 1 saturated heterocycles. The number of H-pyrrole nitrogens is 1. The Morgan fingerprint density at radius 2 is 1.93 bits per heavy atom. The summed E-state index contributed by atoms with van der Waals surface area (Å²) in [6, 6.07) is 10.5. The van der Waals surface area contributed by atoms with Crippen LogP contribution in [0.1, 0.15) is 24.8 Å². The minimum atomic E-state index is 0.740. The highest BCUT2D eigenvalue weighted by Crippen LogP contribution is 2.34. The average Bonchev–Trinajstić information content (AvgIpc) is 3.22. The molecule has 0 bridgehead atoms. The van der Waals surface area contributed by atoms with Crippen LogP contribution in [-0.2, 0) is 6.54 Å². The molecule has 162 valence electrons. The number of likely N-dealkylation sites (tertiary alicyclic amines) is 1. The number of rotatable bonds is 7. The Morgan fingerprint density at radius 1 is 1.20 bits per heavy atom. The first-order valence-electron chi connectivity index (χ1n) is 10.2. The summed E-state index contributed by atoms with van der Waals surface area (Å²) >= 11 is 4.07. The summed E-state index contributed by atoms with van der Waals surface area (Å²) in [5.41, 5.74) is 4.35. The molecule has 0 spiro atoms. The van der Waals surface area contributed by atoms with Crippen LogP contribution < -0.4 is 9.46 Å². The number of hydrogen-bond acceptors (Lipinski definition) is 7. The van der Waals surface area contributed by atoms with E-state index in [1.165, 1.54) is 31.5 Å². The number of aromatic amines is 1. The van der Waals surface area contributed by atoms with Gasteiger partial charge in [-0.15, -0.1) is 0 Å². The summed E-state index contributed by atoms with van der Waals surface area (Å²) < 4.78 is 9.12. The van der Waals surface area contributed by atoms with Gasteiger partial charge in [0.15, 0.2) is 0 Å². The zero-order chi connectivity index (χ0) is 21.3. The molecule has 0 unspecified atom stereocenters. The normalized spacial score (nSPS) is 15.1. The Balaban J connectivity index is 0.00000124. The van der Waals surface area contributed by atoms with E-state index in [0.29, 0.717) is 0 Å². The van der Waals surface area contributed by atoms with E-state index in [1.807, 2.05) is 18.5 Å². The lowest BCUT2D eigenvalue weighted by Gasteiger charge is -2.28. The molecule has 0 amide bonds. The molecular weight excluding hydrogens is 400 g/mol. The van der Waals surface area contributed by atoms with Crippen molar-refractivity contribution in [3.8, 4) is 16.9 Å². The second-order valence-electron chi connectivity index (χ2n) is 7.65. The van der Waals surface area contributed by atoms with Crippen molar-refractivity contribution >= 4 is 23.8 Å². The van der Waals surface area contributed by atoms with Crippen LogP contribution in [0.4, 0.5) is 0 Å². The molecule has 1 aliphatic rings. The van der Waals surface area contributed by atoms with E-state index in [-0.39, 0.29) is 0 Å². The Kier molecular flexibility index (Phi) is 8.53. The highest BCUT2D eigenvalue weighted by molar-refractivity contribution is 7.78. The smallest absolute Gasteiger partial charge is 0.141 e. The number of piperidine rings is 1. The summed E-state index contributed by atoms with van der Waals surface area (Å²) in [5.74, 6) is 1.68. The molecule has 0 saturated carbocycles. The molecule has 4 N–H and O–H groups in total. The molecule has 8 heteroatoms. The number of aromatic nitrogens is 2. The van der Waals surface area contributed by atoms with E-state index in [9.17, 15) is 0 Å². The lowest BCUT2D eigenvalue weighted by Crippen LogP contribution is -2.30. The van der Waals surface area contributed by atoms with Gasteiger partial charge in [0.25, 0.3) is 0 Å². The maximum absolute atomic E-state index is 6.24. The van der Waals surface area contributed by atoms with E-state index >= 15 is 0 Å². The van der Waals surface area contributed by atoms with Crippen LogP contribution in [0.3, 0.4) is 0 Å². The number of benzene rings is 1. The van der Waals surface area contributed by atoms with Crippen molar-refractivity contribution in [2.75, 3.05) is 26.7 Å². The van der Waals surface area contributed by atoms with E-state index in [2.05, 4.69) is 63.7 Å². The van der Waals surface area contributed by atoms with Gasteiger partial charge in [-0.3, -0.25) is 15.2 Å². The molecule has 30 heavy (non-hydrogen) atoms. The van der Waals surface area contributed by atoms with E-state index in [0.717, 1.165) is 53.4 Å². The average molecular weight is 431 g/mol. The SMILES string of the molecule is CN1CCC(CCOc2ccnc3[nH]cc(-c4ccc(CNS)cc4)c23)CC1.OO. The van der Waals surface area contributed by atoms with Gasteiger partial charge in [0.05, 0.1) is 12.0 Å². The van der Waals surface area contributed by atoms with Crippen LogP contribution in [-0.4, -0.2) is 52.1 Å². The summed E-state index contributed by atoms with van der Waals surface area (Å²) in [6.45, 7) is 3.89. The third-order valence-corrected chi connectivity index (χ3v) is 5.86. The zero-order valence-electron chi connectivity index (χ0n) is 17.2. The van der Waals surface area contributed by atoms with E-state index < -0.39 is 0 Å². The molecule has 4 rings (SSSR count). The molecule has 7 nitrogen and oxygen atoms in total. The zero-order valence-corrected chi connectivity index (χ0v) is 18.1. The molecule has 3 aromatic rings. The third-order valence-electron chi connectivity index (χ3n) is 5.71. The number of nitrogens with zero attached hydrogens (tertiary/aromatic N) is 2. The maximum Gasteiger partial charge on any atom is 0.141 e. The molecule has 2 aromatic heterocycles. The summed E-state index contributed by atoms with van der Waals surface area (Å²) in [6.07, 6.45) is 7.49. The summed E-state index contributed by atoms with van der Waals surface area (Å²) in [4.78, 5) is 10.2. The van der Waals surface area contributed by atoms with Crippen molar-refractivity contribution in [2.24, 2.45) is 5.92 Å². The molecule has 3 heterocycles. The second-order valence-corrected chi connectivity index (χ2v) is 7.97. The first-order valence-corrected chi connectivity index (χ1v) is 10.6. The Labute approximate surface area is 182 Å². The number of hydrogen-bond donors (Lipinski definition) is 5. The van der Waals surface area contributed by atoms with Crippen LogP contribution in [0.5, 0.6) is 5.75 Å². The van der Waals surface area contributed by atoms with Gasteiger partial charge in [0.1, 0.15) is 11.4 Å². The number of thiol groups is 1. The van der Waals surface area contributed by atoms with Crippen LogP contribution in [0.15, 0.2) is 42.7 Å². The first kappa shape index (κ1) is 22.6. The van der Waals surface area contributed by atoms with Gasteiger partial charge in [0, 0.05) is 24.5 Å². The van der Waals surface area contributed by atoms with Crippen molar-refractivity contribution < 1.29 is 15.3 Å². The van der Waals surface area contributed by atoms with Gasteiger partial charge in [0.2, 0.25) is 0 Å². The van der Waals surface area contributed by atoms with Crippen molar-refractivity contribution in [1.29, 1.82) is 0 Å². The van der Waals surface area contributed by atoms with Crippen molar-refractivity contribution in [1.82, 2.24) is 19.6 Å². The number of ether oxygens (including phenoxy) is 1. The van der Waals surface area contributed by atoms with E-state index in [1.54, 1.807) is 0 Å². The fraction of sp³-hybridized carbons (Fsp3) is 0.409. The number of fused-ring (bicyclic) bond motifs is 1. The van der Waals surface area contributed by atoms with Crippen molar-refractivity contribution in [3.05, 3.63) is 48.3 Å². The summed E-state index contributed by atoms with van der Waals surface area (Å²) in [5, 5.41) is 13.1. The van der Waals surface area contributed by atoms with Crippen LogP contribution in [0, 0.1) is 5.92 Å². The largest absolute Gasteiger partial charge is 0.493 e. The second kappa shape index (κ2) is 11.3. The van der Waals surface area contributed by atoms with E-state index in [4.69, 9.17) is 15.3 Å². The molecule has 0 atom stereocenters. The topological polar surface area (TPSA) is 93.6 Å². The standard InChI is InChI=1S/C22H28N4OS.H2O2/c1-26-11-7-16(8-12-26)9-13-27-20-6-10-23-22-21(20)19(15-24-22)18-4-2-17(3-5-18)14-25-28;1-2/h2-6,10,15-16,25,28H,7-9,11-14H2,1H3,(H,23,24);1-2H.